The second kappa shape index (κ2) is 7.96. The first-order valence-corrected chi connectivity index (χ1v) is 10.4. The van der Waals surface area contributed by atoms with Crippen LogP contribution >= 0.6 is 0 Å². The third-order valence-electron chi connectivity index (χ3n) is 6.33. The summed E-state index contributed by atoms with van der Waals surface area (Å²) in [5.74, 6) is 0.649. The molecule has 2 aliphatic rings. The molecule has 148 valence electrons. The molecule has 2 atom stereocenters. The van der Waals surface area contributed by atoms with E-state index in [0.29, 0.717) is 5.91 Å². The molecular weight excluding hydrogens is 346 g/mol. The van der Waals surface area contributed by atoms with Crippen LogP contribution in [0.3, 0.4) is 0 Å². The largest absolute Gasteiger partial charge is 0.368 e. The quantitative estimate of drug-likeness (QED) is 0.892. The molecule has 4 rings (SSSR count). The van der Waals surface area contributed by atoms with Gasteiger partial charge in [-0.1, -0.05) is 42.0 Å². The van der Waals surface area contributed by atoms with Gasteiger partial charge in [0, 0.05) is 50.9 Å². The Morgan fingerprint density at radius 2 is 1.57 bits per heavy atom. The predicted octanol–water partition coefficient (Wildman–Crippen LogP) is 3.26. The van der Waals surface area contributed by atoms with Crippen molar-refractivity contribution in [3.63, 3.8) is 0 Å². The van der Waals surface area contributed by atoms with E-state index in [1.54, 1.807) is 0 Å². The molecule has 4 heteroatoms. The molecule has 2 aliphatic heterocycles. The molecule has 2 fully saturated rings. The molecule has 4 nitrogen and oxygen atoms in total. The van der Waals surface area contributed by atoms with Crippen molar-refractivity contribution in [2.75, 3.05) is 44.2 Å². The zero-order valence-electron chi connectivity index (χ0n) is 17.2. The van der Waals surface area contributed by atoms with E-state index in [2.05, 4.69) is 78.4 Å². The molecule has 0 spiro atoms. The minimum Gasteiger partial charge on any atom is -0.368 e. The lowest BCUT2D eigenvalue weighted by Crippen LogP contribution is -2.51. The molecule has 28 heavy (non-hydrogen) atoms. The van der Waals surface area contributed by atoms with Crippen molar-refractivity contribution in [2.24, 2.45) is 5.92 Å². The van der Waals surface area contributed by atoms with Gasteiger partial charge < -0.3 is 15.1 Å². The molecule has 2 heterocycles. The zero-order chi connectivity index (χ0) is 19.7. The first-order chi connectivity index (χ1) is 13.5. The molecule has 1 amide bonds. The maximum absolute atomic E-state index is 13.3. The molecule has 2 saturated heterocycles. The highest BCUT2D eigenvalue weighted by atomic mass is 16.2. The van der Waals surface area contributed by atoms with Crippen molar-refractivity contribution in [3.05, 3.63) is 64.7 Å². The number of hydrogen-bond donors (Lipinski definition) is 1. The van der Waals surface area contributed by atoms with E-state index in [1.807, 2.05) is 0 Å². The minimum atomic E-state index is 0.0509. The average molecular weight is 378 g/mol. The Morgan fingerprint density at radius 1 is 0.893 bits per heavy atom. The molecule has 1 N–H and O–H groups in total. The summed E-state index contributed by atoms with van der Waals surface area (Å²) < 4.78 is 0. The van der Waals surface area contributed by atoms with Crippen molar-refractivity contribution in [1.29, 1.82) is 0 Å². The molecule has 0 bridgehead atoms. The SMILES string of the molecule is Cc1ccc(C2CNC[C@H]2C(=O)N2CCN(c3cc(C)ccc3C)CC2)cc1. The van der Waals surface area contributed by atoms with Gasteiger partial charge in [0.25, 0.3) is 0 Å². The summed E-state index contributed by atoms with van der Waals surface area (Å²) in [4.78, 5) is 17.8. The van der Waals surface area contributed by atoms with Crippen molar-refractivity contribution in [1.82, 2.24) is 10.2 Å². The van der Waals surface area contributed by atoms with Crippen molar-refractivity contribution < 1.29 is 4.79 Å². The Kier molecular flexibility index (Phi) is 5.40. The lowest BCUT2D eigenvalue weighted by Gasteiger charge is -2.38. The van der Waals surface area contributed by atoms with Crippen molar-refractivity contribution in [3.8, 4) is 0 Å². The maximum Gasteiger partial charge on any atom is 0.227 e. The number of benzene rings is 2. The summed E-state index contributed by atoms with van der Waals surface area (Å²) in [6, 6.07) is 15.3. The van der Waals surface area contributed by atoms with E-state index in [9.17, 15) is 4.79 Å². The number of rotatable bonds is 3. The van der Waals surface area contributed by atoms with Crippen LogP contribution in [0.2, 0.25) is 0 Å². The summed E-state index contributed by atoms with van der Waals surface area (Å²) >= 11 is 0. The van der Waals surface area contributed by atoms with Gasteiger partial charge in [-0.3, -0.25) is 4.79 Å². The number of nitrogens with one attached hydrogen (secondary N) is 1. The predicted molar refractivity (Wildman–Crippen MR) is 115 cm³/mol. The summed E-state index contributed by atoms with van der Waals surface area (Å²) in [5.41, 5.74) is 6.46. The minimum absolute atomic E-state index is 0.0509. The van der Waals surface area contributed by atoms with E-state index in [0.717, 1.165) is 39.3 Å². The van der Waals surface area contributed by atoms with Crippen molar-refractivity contribution in [2.45, 2.75) is 26.7 Å². The topological polar surface area (TPSA) is 35.6 Å². The number of piperazine rings is 1. The number of nitrogens with zero attached hydrogens (tertiary/aromatic N) is 2. The number of hydrogen-bond acceptors (Lipinski definition) is 3. The third-order valence-corrected chi connectivity index (χ3v) is 6.33. The normalized spacial score (nSPS) is 22.5. The Hall–Kier alpha value is -2.33. The molecule has 0 aliphatic carbocycles. The number of anilines is 1. The van der Waals surface area contributed by atoms with Gasteiger partial charge in [0.2, 0.25) is 5.91 Å². The van der Waals surface area contributed by atoms with E-state index < -0.39 is 0 Å². The van der Waals surface area contributed by atoms with Crippen LogP contribution in [0.1, 0.15) is 28.2 Å². The first kappa shape index (κ1) is 19.0. The van der Waals surface area contributed by atoms with Crippen molar-refractivity contribution >= 4 is 11.6 Å². The second-order valence-electron chi connectivity index (χ2n) is 8.38. The van der Waals surface area contributed by atoms with Crippen LogP contribution < -0.4 is 10.2 Å². The second-order valence-corrected chi connectivity index (χ2v) is 8.38. The van der Waals surface area contributed by atoms with E-state index in [1.165, 1.54) is 27.9 Å². The highest BCUT2D eigenvalue weighted by molar-refractivity contribution is 5.81. The monoisotopic (exact) mass is 377 g/mol. The van der Waals surface area contributed by atoms with E-state index in [-0.39, 0.29) is 11.8 Å². The number of aryl methyl sites for hydroxylation is 3. The first-order valence-electron chi connectivity index (χ1n) is 10.4. The Balaban J connectivity index is 1.42. The van der Waals surface area contributed by atoms with E-state index in [4.69, 9.17) is 0 Å². The maximum atomic E-state index is 13.3. The van der Waals surface area contributed by atoms with Crippen LogP contribution in [0.15, 0.2) is 42.5 Å². The summed E-state index contributed by atoms with van der Waals surface area (Å²) in [6.45, 7) is 11.5. The fourth-order valence-corrected chi connectivity index (χ4v) is 4.56. The Morgan fingerprint density at radius 3 is 2.29 bits per heavy atom. The fourth-order valence-electron chi connectivity index (χ4n) is 4.56. The summed E-state index contributed by atoms with van der Waals surface area (Å²) in [5, 5.41) is 3.45. The van der Waals surface area contributed by atoms with Gasteiger partial charge in [0.15, 0.2) is 0 Å². The van der Waals surface area contributed by atoms with E-state index >= 15 is 0 Å². The molecule has 2 aromatic rings. The molecule has 2 aromatic carbocycles. The van der Waals surface area contributed by atoms with Gasteiger partial charge in [0.1, 0.15) is 0 Å². The highest BCUT2D eigenvalue weighted by Gasteiger charge is 2.37. The molecule has 1 unspecified atom stereocenters. The Labute approximate surface area is 168 Å². The molecule has 0 aromatic heterocycles. The molecule has 0 radical (unpaired) electrons. The summed E-state index contributed by atoms with van der Waals surface area (Å²) in [7, 11) is 0. The lowest BCUT2D eigenvalue weighted by molar-refractivity contribution is -0.135. The Bertz CT molecular complexity index is 837. The average Bonchev–Trinajstić information content (AvgIpc) is 3.20. The number of carbonyl (C=O) groups is 1. The van der Waals surface area contributed by atoms with Gasteiger partial charge >= 0.3 is 0 Å². The van der Waals surface area contributed by atoms with Crippen LogP contribution in [0.4, 0.5) is 5.69 Å². The van der Waals surface area contributed by atoms with Gasteiger partial charge in [-0.25, -0.2) is 0 Å². The number of carbonyl (C=O) groups excluding carboxylic acids is 1. The van der Waals surface area contributed by atoms with Crippen LogP contribution in [-0.4, -0.2) is 50.1 Å². The standard InChI is InChI=1S/C24H31N3O/c1-17-5-8-20(9-6-17)21-15-25-16-22(21)24(28)27-12-10-26(11-13-27)23-14-18(2)4-7-19(23)3/h4-9,14,21-22,25H,10-13,15-16H2,1-3H3/t21?,22-/m1/s1. The van der Waals surface area contributed by atoms with Crippen LogP contribution in [-0.2, 0) is 4.79 Å². The highest BCUT2D eigenvalue weighted by Crippen LogP contribution is 2.31. The van der Waals surface area contributed by atoms with Gasteiger partial charge in [-0.2, -0.15) is 0 Å². The smallest absolute Gasteiger partial charge is 0.227 e. The summed E-state index contributed by atoms with van der Waals surface area (Å²) in [6.07, 6.45) is 0. The van der Waals surface area contributed by atoms with Gasteiger partial charge in [-0.05, 0) is 43.5 Å². The van der Waals surface area contributed by atoms with Gasteiger partial charge in [-0.15, -0.1) is 0 Å². The fraction of sp³-hybridized carbons (Fsp3) is 0.458. The van der Waals surface area contributed by atoms with Crippen LogP contribution in [0, 0.1) is 26.7 Å². The lowest BCUT2D eigenvalue weighted by atomic mass is 9.87. The van der Waals surface area contributed by atoms with Crippen LogP contribution in [0.25, 0.3) is 0 Å². The van der Waals surface area contributed by atoms with Crippen LogP contribution in [0.5, 0.6) is 0 Å². The number of amides is 1. The third kappa shape index (κ3) is 3.79. The zero-order valence-corrected chi connectivity index (χ0v) is 17.2. The molecule has 0 saturated carbocycles. The van der Waals surface area contributed by atoms with Gasteiger partial charge in [0.05, 0.1) is 5.92 Å². The molecular formula is C24H31N3O.